The number of ether oxygens (including phenoxy) is 1. The lowest BCUT2D eigenvalue weighted by molar-refractivity contribution is -0.138. The van der Waals surface area contributed by atoms with Crippen molar-refractivity contribution in [2.45, 2.75) is 13.8 Å². The highest BCUT2D eigenvalue weighted by Crippen LogP contribution is 2.50. The van der Waals surface area contributed by atoms with E-state index in [2.05, 4.69) is 4.74 Å². The van der Waals surface area contributed by atoms with Gasteiger partial charge < -0.3 is 14.0 Å². The lowest BCUT2D eigenvalue weighted by Crippen LogP contribution is -2.29. The summed E-state index contributed by atoms with van der Waals surface area (Å²) in [7, 11) is -1.21. The van der Waals surface area contributed by atoms with Crippen LogP contribution in [0.25, 0.3) is 0 Å². The van der Waals surface area contributed by atoms with Gasteiger partial charge in [0.2, 0.25) is 0 Å². The molecule has 1 aromatic rings. The first-order chi connectivity index (χ1) is 8.57. The second-order valence-corrected chi connectivity index (χ2v) is 7.39. The van der Waals surface area contributed by atoms with Crippen molar-refractivity contribution in [1.82, 2.24) is 0 Å². The van der Waals surface area contributed by atoms with Gasteiger partial charge in [-0.3, -0.25) is 4.79 Å². The quantitative estimate of drug-likeness (QED) is 0.588. The molecule has 0 aromatic heterocycles. The molecule has 0 heterocycles. The van der Waals surface area contributed by atoms with E-state index in [0.29, 0.717) is 12.3 Å². The summed E-state index contributed by atoms with van der Waals surface area (Å²) >= 11 is 0. The lowest BCUT2D eigenvalue weighted by atomic mass is 10.3. The summed E-state index contributed by atoms with van der Waals surface area (Å²) in [6.45, 7) is 3.80. The van der Waals surface area contributed by atoms with E-state index in [0.717, 1.165) is 5.69 Å². The van der Waals surface area contributed by atoms with Crippen molar-refractivity contribution in [2.24, 2.45) is 0 Å². The van der Waals surface area contributed by atoms with Gasteiger partial charge in [0.1, 0.15) is 6.54 Å². The molecule has 100 valence electrons. The van der Waals surface area contributed by atoms with Gasteiger partial charge in [0.05, 0.1) is 7.11 Å². The van der Waals surface area contributed by atoms with Gasteiger partial charge in [-0.05, 0) is 12.1 Å². The third-order valence-corrected chi connectivity index (χ3v) is 6.22. The second-order valence-electron chi connectivity index (χ2n) is 3.95. The standard InChI is InChI=1S/C13H20NO3P/c1-4-18(16,5-2)14(11-13(15)17-3)12-9-7-6-8-10-12/h6-10H,4-5,11H2,1-3H3. The van der Waals surface area contributed by atoms with Crippen LogP contribution in [0, 0.1) is 0 Å². The van der Waals surface area contributed by atoms with Gasteiger partial charge in [-0.25, -0.2) is 0 Å². The zero-order valence-corrected chi connectivity index (χ0v) is 12.0. The van der Waals surface area contributed by atoms with Crippen LogP contribution in [0.1, 0.15) is 13.8 Å². The van der Waals surface area contributed by atoms with E-state index >= 15 is 0 Å². The SMILES string of the molecule is CCP(=O)(CC)N(CC(=O)OC)c1ccccc1. The van der Waals surface area contributed by atoms with Crippen molar-refractivity contribution in [2.75, 3.05) is 30.6 Å². The molecule has 0 atom stereocenters. The molecule has 4 nitrogen and oxygen atoms in total. The van der Waals surface area contributed by atoms with Crippen LogP contribution < -0.4 is 4.67 Å². The van der Waals surface area contributed by atoms with E-state index in [1.165, 1.54) is 7.11 Å². The van der Waals surface area contributed by atoms with Crippen LogP contribution in [0.5, 0.6) is 0 Å². The molecule has 0 radical (unpaired) electrons. The fourth-order valence-electron chi connectivity index (χ4n) is 1.78. The summed E-state index contributed by atoms with van der Waals surface area (Å²) in [6, 6.07) is 9.36. The van der Waals surface area contributed by atoms with Crippen LogP contribution in [-0.2, 0) is 14.1 Å². The normalized spacial score (nSPS) is 11.1. The first-order valence-corrected chi connectivity index (χ1v) is 8.08. The van der Waals surface area contributed by atoms with Gasteiger partial charge in [-0.15, -0.1) is 0 Å². The third kappa shape index (κ3) is 3.36. The minimum Gasteiger partial charge on any atom is -0.468 e. The number of methoxy groups -OCH3 is 1. The van der Waals surface area contributed by atoms with Crippen molar-refractivity contribution in [1.29, 1.82) is 0 Å². The maximum Gasteiger partial charge on any atom is 0.325 e. The summed E-state index contributed by atoms with van der Waals surface area (Å²) in [5.74, 6) is -0.374. The van der Waals surface area contributed by atoms with E-state index in [4.69, 9.17) is 0 Å². The average molecular weight is 269 g/mol. The molecule has 0 saturated carbocycles. The van der Waals surface area contributed by atoms with Crippen molar-refractivity contribution in [3.05, 3.63) is 30.3 Å². The molecule has 0 fully saturated rings. The van der Waals surface area contributed by atoms with Crippen LogP contribution in [0.4, 0.5) is 5.69 Å². The number of esters is 1. The zero-order chi connectivity index (χ0) is 13.6. The number of carbonyl (C=O) groups is 1. The summed E-state index contributed by atoms with van der Waals surface area (Å²) in [6.07, 6.45) is 1.07. The molecule has 0 aliphatic rings. The minimum atomic E-state index is -2.55. The van der Waals surface area contributed by atoms with Crippen LogP contribution in [0.2, 0.25) is 0 Å². The van der Waals surface area contributed by atoms with Crippen molar-refractivity contribution >= 4 is 18.9 Å². The number of anilines is 1. The zero-order valence-electron chi connectivity index (χ0n) is 11.1. The summed E-state index contributed by atoms with van der Waals surface area (Å²) in [4.78, 5) is 11.5. The highest BCUT2D eigenvalue weighted by Gasteiger charge is 2.28. The predicted octanol–water partition coefficient (Wildman–Crippen LogP) is 2.98. The van der Waals surface area contributed by atoms with Gasteiger partial charge in [0.25, 0.3) is 0 Å². The van der Waals surface area contributed by atoms with E-state index in [-0.39, 0.29) is 12.5 Å². The second kappa shape index (κ2) is 6.60. The van der Waals surface area contributed by atoms with Crippen LogP contribution in [0.3, 0.4) is 0 Å². The van der Waals surface area contributed by atoms with Gasteiger partial charge in [0, 0.05) is 18.0 Å². The molecule has 0 saturated heterocycles. The molecule has 1 aromatic carbocycles. The highest BCUT2D eigenvalue weighted by atomic mass is 31.2. The Kier molecular flexibility index (Phi) is 5.42. The molecule has 0 aliphatic carbocycles. The maximum atomic E-state index is 12.8. The molecule has 5 heteroatoms. The number of benzene rings is 1. The van der Waals surface area contributed by atoms with Crippen LogP contribution >= 0.6 is 7.29 Å². The topological polar surface area (TPSA) is 46.6 Å². The third-order valence-electron chi connectivity index (χ3n) is 2.99. The molecule has 0 spiro atoms. The Morgan fingerprint density at radius 1 is 1.22 bits per heavy atom. The smallest absolute Gasteiger partial charge is 0.325 e. The summed E-state index contributed by atoms with van der Waals surface area (Å²) in [5, 5.41) is 0. The van der Waals surface area contributed by atoms with E-state index in [9.17, 15) is 9.36 Å². The molecule has 1 rings (SSSR count). The Morgan fingerprint density at radius 2 is 1.78 bits per heavy atom. The molecule has 0 aliphatic heterocycles. The number of nitrogens with zero attached hydrogens (tertiary/aromatic N) is 1. The minimum absolute atomic E-state index is 0.0273. The van der Waals surface area contributed by atoms with Gasteiger partial charge in [-0.2, -0.15) is 0 Å². The Hall–Kier alpha value is -1.28. The van der Waals surface area contributed by atoms with Gasteiger partial charge >= 0.3 is 5.97 Å². The molecule has 0 amide bonds. The fourth-order valence-corrected chi connectivity index (χ4v) is 3.84. The predicted molar refractivity (Wildman–Crippen MR) is 74.5 cm³/mol. The first-order valence-electron chi connectivity index (χ1n) is 6.05. The lowest BCUT2D eigenvalue weighted by Gasteiger charge is -2.31. The van der Waals surface area contributed by atoms with E-state index in [1.807, 2.05) is 44.2 Å². The number of para-hydroxylation sites is 1. The number of carbonyl (C=O) groups excluding carboxylic acids is 1. The molecule has 0 bridgehead atoms. The Morgan fingerprint density at radius 3 is 2.22 bits per heavy atom. The Labute approximate surface area is 108 Å². The van der Waals surface area contributed by atoms with Gasteiger partial charge in [0.15, 0.2) is 7.29 Å². The van der Waals surface area contributed by atoms with E-state index < -0.39 is 7.29 Å². The number of rotatable bonds is 6. The summed E-state index contributed by atoms with van der Waals surface area (Å²) < 4.78 is 19.2. The molecule has 0 unspecified atom stereocenters. The molecular formula is C13H20NO3P. The maximum absolute atomic E-state index is 12.8. The van der Waals surface area contributed by atoms with Gasteiger partial charge in [-0.1, -0.05) is 32.0 Å². The highest BCUT2D eigenvalue weighted by molar-refractivity contribution is 7.65. The van der Waals surface area contributed by atoms with Crippen molar-refractivity contribution in [3.63, 3.8) is 0 Å². The van der Waals surface area contributed by atoms with Crippen LogP contribution in [-0.4, -0.2) is 31.9 Å². The van der Waals surface area contributed by atoms with Crippen LogP contribution in [0.15, 0.2) is 30.3 Å². The van der Waals surface area contributed by atoms with Crippen molar-refractivity contribution in [3.8, 4) is 0 Å². The Balaban J connectivity index is 3.10. The number of hydrogen-bond acceptors (Lipinski definition) is 3. The molecular weight excluding hydrogens is 249 g/mol. The first kappa shape index (κ1) is 14.8. The van der Waals surface area contributed by atoms with E-state index in [1.54, 1.807) is 4.67 Å². The average Bonchev–Trinajstić information content (AvgIpc) is 2.44. The molecule has 18 heavy (non-hydrogen) atoms. The number of hydrogen-bond donors (Lipinski definition) is 0. The summed E-state index contributed by atoms with van der Waals surface area (Å²) in [5.41, 5.74) is 0.801. The monoisotopic (exact) mass is 269 g/mol. The largest absolute Gasteiger partial charge is 0.468 e. The Bertz CT molecular complexity index is 425. The fraction of sp³-hybridized carbons (Fsp3) is 0.462. The van der Waals surface area contributed by atoms with Crippen molar-refractivity contribution < 1.29 is 14.1 Å². The molecule has 0 N–H and O–H groups in total.